The van der Waals surface area contributed by atoms with E-state index >= 15 is 0 Å². The first-order valence-corrected chi connectivity index (χ1v) is 10.0. The minimum Gasteiger partial charge on any atom is -0.354 e. The molecule has 1 fully saturated rings. The maximum Gasteiger partial charge on any atom is 0.251 e. The normalized spacial score (nSPS) is 14.9. The number of nitrogens with zero attached hydrogens (tertiary/aromatic N) is 1. The zero-order chi connectivity index (χ0) is 19.6. The highest BCUT2D eigenvalue weighted by molar-refractivity contribution is 5.98. The lowest BCUT2D eigenvalue weighted by Crippen LogP contribution is -2.38. The predicted octanol–water partition coefficient (Wildman–Crippen LogP) is 2.88. The van der Waals surface area contributed by atoms with Crippen molar-refractivity contribution in [3.63, 3.8) is 0 Å². The van der Waals surface area contributed by atoms with Crippen LogP contribution in [-0.4, -0.2) is 37.4 Å². The minimum absolute atomic E-state index is 0.0323. The number of benzene rings is 1. The van der Waals surface area contributed by atoms with Gasteiger partial charge in [-0.15, -0.1) is 0 Å². The molecule has 148 valence electrons. The predicted molar refractivity (Wildman–Crippen MR) is 107 cm³/mol. The summed E-state index contributed by atoms with van der Waals surface area (Å²) in [7, 11) is 0. The van der Waals surface area contributed by atoms with Gasteiger partial charge in [-0.2, -0.15) is 0 Å². The number of amides is 3. The van der Waals surface area contributed by atoms with Crippen LogP contribution in [0, 0.1) is 5.92 Å². The average molecular weight is 373 g/mol. The molecule has 1 atom stereocenters. The largest absolute Gasteiger partial charge is 0.354 e. The van der Waals surface area contributed by atoms with E-state index in [-0.39, 0.29) is 24.3 Å². The standard InChI is InChI=1S/C21H31N3O3/c1-3-5-7-16(4-2)14-22-19(25)15-23-21(27)17-9-11-18(12-10-17)24-13-6-8-20(24)26/h9-12,16H,3-8,13-15H2,1-2H3,(H,22,25)(H,23,27). The van der Waals surface area contributed by atoms with E-state index in [1.54, 1.807) is 29.2 Å². The second-order valence-electron chi connectivity index (χ2n) is 7.10. The van der Waals surface area contributed by atoms with E-state index in [0.717, 1.165) is 37.9 Å². The molecule has 0 saturated carbocycles. The van der Waals surface area contributed by atoms with Crippen LogP contribution in [0.3, 0.4) is 0 Å². The van der Waals surface area contributed by atoms with E-state index in [4.69, 9.17) is 0 Å². The van der Waals surface area contributed by atoms with Crippen molar-refractivity contribution in [3.05, 3.63) is 29.8 Å². The summed E-state index contributed by atoms with van der Waals surface area (Å²) in [5.74, 6) is 0.152. The monoisotopic (exact) mass is 373 g/mol. The molecule has 6 nitrogen and oxygen atoms in total. The maximum atomic E-state index is 12.2. The fraction of sp³-hybridized carbons (Fsp3) is 0.571. The molecular weight excluding hydrogens is 342 g/mol. The van der Waals surface area contributed by atoms with Crippen LogP contribution < -0.4 is 15.5 Å². The van der Waals surface area contributed by atoms with Gasteiger partial charge in [0, 0.05) is 30.8 Å². The number of nitrogens with one attached hydrogen (secondary N) is 2. The Morgan fingerprint density at radius 3 is 2.48 bits per heavy atom. The van der Waals surface area contributed by atoms with Crippen LogP contribution in [-0.2, 0) is 9.59 Å². The van der Waals surface area contributed by atoms with Crippen LogP contribution in [0.5, 0.6) is 0 Å². The molecule has 0 spiro atoms. The van der Waals surface area contributed by atoms with Gasteiger partial charge >= 0.3 is 0 Å². The SMILES string of the molecule is CCCCC(CC)CNC(=O)CNC(=O)c1ccc(N2CCCC2=O)cc1. The van der Waals surface area contributed by atoms with Crippen molar-refractivity contribution in [2.45, 2.75) is 52.4 Å². The maximum absolute atomic E-state index is 12.2. The lowest BCUT2D eigenvalue weighted by atomic mass is 9.99. The van der Waals surface area contributed by atoms with E-state index in [2.05, 4.69) is 24.5 Å². The molecular formula is C21H31N3O3. The zero-order valence-corrected chi connectivity index (χ0v) is 16.4. The van der Waals surface area contributed by atoms with Gasteiger partial charge in [0.15, 0.2) is 0 Å². The molecule has 6 heteroatoms. The molecule has 1 saturated heterocycles. The van der Waals surface area contributed by atoms with Crippen molar-refractivity contribution in [2.75, 3.05) is 24.5 Å². The molecule has 0 radical (unpaired) electrons. The number of anilines is 1. The van der Waals surface area contributed by atoms with Gasteiger partial charge in [-0.3, -0.25) is 14.4 Å². The highest BCUT2D eigenvalue weighted by atomic mass is 16.2. The van der Waals surface area contributed by atoms with E-state index in [1.807, 2.05) is 0 Å². The Hall–Kier alpha value is -2.37. The Bertz CT molecular complexity index is 643. The third kappa shape index (κ3) is 6.38. The Kier molecular flexibility index (Phi) is 8.30. The number of carbonyl (C=O) groups excluding carboxylic acids is 3. The van der Waals surface area contributed by atoms with Gasteiger partial charge in [-0.05, 0) is 43.0 Å². The van der Waals surface area contributed by atoms with Crippen LogP contribution in [0.2, 0.25) is 0 Å². The van der Waals surface area contributed by atoms with E-state index in [9.17, 15) is 14.4 Å². The fourth-order valence-corrected chi connectivity index (χ4v) is 3.24. The summed E-state index contributed by atoms with van der Waals surface area (Å²) in [6.07, 6.45) is 5.93. The van der Waals surface area contributed by atoms with Crippen molar-refractivity contribution in [1.82, 2.24) is 10.6 Å². The van der Waals surface area contributed by atoms with Gasteiger partial charge in [0.2, 0.25) is 11.8 Å². The molecule has 27 heavy (non-hydrogen) atoms. The van der Waals surface area contributed by atoms with Crippen molar-refractivity contribution >= 4 is 23.4 Å². The van der Waals surface area contributed by atoms with Crippen molar-refractivity contribution in [3.8, 4) is 0 Å². The van der Waals surface area contributed by atoms with Gasteiger partial charge in [-0.1, -0.05) is 33.1 Å². The quantitative estimate of drug-likeness (QED) is 0.662. The van der Waals surface area contributed by atoms with Crippen LogP contribution in [0.25, 0.3) is 0 Å². The second kappa shape index (κ2) is 10.7. The average Bonchev–Trinajstić information content (AvgIpc) is 3.12. The molecule has 1 aromatic rings. The van der Waals surface area contributed by atoms with E-state index < -0.39 is 0 Å². The molecule has 1 aliphatic rings. The molecule has 1 unspecified atom stereocenters. The Labute approximate surface area is 161 Å². The molecule has 2 rings (SSSR count). The lowest BCUT2D eigenvalue weighted by Gasteiger charge is -2.16. The van der Waals surface area contributed by atoms with Crippen molar-refractivity contribution < 1.29 is 14.4 Å². The summed E-state index contributed by atoms with van der Waals surface area (Å²) in [4.78, 5) is 37.7. The summed E-state index contributed by atoms with van der Waals surface area (Å²) < 4.78 is 0. The lowest BCUT2D eigenvalue weighted by molar-refractivity contribution is -0.120. The van der Waals surface area contributed by atoms with Gasteiger partial charge < -0.3 is 15.5 Å². The van der Waals surface area contributed by atoms with E-state index in [0.29, 0.717) is 24.4 Å². The van der Waals surface area contributed by atoms with Crippen LogP contribution >= 0.6 is 0 Å². The number of rotatable bonds is 10. The Morgan fingerprint density at radius 2 is 1.89 bits per heavy atom. The Balaban J connectivity index is 1.76. The number of unbranched alkanes of at least 4 members (excludes halogenated alkanes) is 1. The summed E-state index contributed by atoms with van der Waals surface area (Å²) in [5.41, 5.74) is 1.29. The number of carbonyl (C=O) groups is 3. The van der Waals surface area contributed by atoms with Gasteiger partial charge in [-0.25, -0.2) is 0 Å². The summed E-state index contributed by atoms with van der Waals surface area (Å²) in [6.45, 7) is 5.64. The minimum atomic E-state index is -0.289. The van der Waals surface area contributed by atoms with Crippen molar-refractivity contribution in [1.29, 1.82) is 0 Å². The summed E-state index contributed by atoms with van der Waals surface area (Å²) in [6, 6.07) is 6.92. The first kappa shape index (κ1) is 20.9. The molecule has 1 aliphatic heterocycles. The summed E-state index contributed by atoms with van der Waals surface area (Å²) in [5, 5.41) is 5.55. The first-order chi connectivity index (χ1) is 13.0. The molecule has 0 aromatic heterocycles. The van der Waals surface area contributed by atoms with Crippen molar-refractivity contribution in [2.24, 2.45) is 5.92 Å². The topological polar surface area (TPSA) is 78.5 Å². The fourth-order valence-electron chi connectivity index (χ4n) is 3.24. The van der Waals surface area contributed by atoms with Crippen LogP contribution in [0.15, 0.2) is 24.3 Å². The third-order valence-corrected chi connectivity index (χ3v) is 5.06. The smallest absolute Gasteiger partial charge is 0.251 e. The summed E-state index contributed by atoms with van der Waals surface area (Å²) >= 11 is 0. The van der Waals surface area contributed by atoms with Crippen LogP contribution in [0.4, 0.5) is 5.69 Å². The molecule has 0 aliphatic carbocycles. The third-order valence-electron chi connectivity index (χ3n) is 5.06. The number of hydrogen-bond donors (Lipinski definition) is 2. The molecule has 1 heterocycles. The first-order valence-electron chi connectivity index (χ1n) is 10.0. The highest BCUT2D eigenvalue weighted by Crippen LogP contribution is 2.21. The Morgan fingerprint density at radius 1 is 1.15 bits per heavy atom. The highest BCUT2D eigenvalue weighted by Gasteiger charge is 2.21. The van der Waals surface area contributed by atoms with Crippen LogP contribution in [0.1, 0.15) is 62.7 Å². The molecule has 1 aromatic carbocycles. The van der Waals surface area contributed by atoms with Gasteiger partial charge in [0.05, 0.1) is 6.54 Å². The number of hydrogen-bond acceptors (Lipinski definition) is 3. The zero-order valence-electron chi connectivity index (χ0n) is 16.4. The molecule has 0 bridgehead atoms. The van der Waals surface area contributed by atoms with Gasteiger partial charge in [0.25, 0.3) is 5.91 Å². The molecule has 2 N–H and O–H groups in total. The van der Waals surface area contributed by atoms with Gasteiger partial charge in [0.1, 0.15) is 0 Å². The van der Waals surface area contributed by atoms with E-state index in [1.165, 1.54) is 6.42 Å². The second-order valence-corrected chi connectivity index (χ2v) is 7.10. The molecule has 3 amide bonds.